The fraction of sp³-hybridized carbons (Fsp3) is 0.500. The van der Waals surface area contributed by atoms with Crippen molar-refractivity contribution in [1.82, 2.24) is 9.88 Å². The summed E-state index contributed by atoms with van der Waals surface area (Å²) in [4.78, 5) is 7.06. The van der Waals surface area contributed by atoms with Crippen LogP contribution in [0.4, 0.5) is 5.13 Å². The number of hydrogen-bond acceptors (Lipinski definition) is 4. The normalized spacial score (nSPS) is 10.7. The summed E-state index contributed by atoms with van der Waals surface area (Å²) in [6, 6.07) is 6.34. The van der Waals surface area contributed by atoms with Gasteiger partial charge in [0, 0.05) is 13.1 Å². The highest BCUT2D eigenvalue weighted by atomic mass is 35.5. The summed E-state index contributed by atoms with van der Waals surface area (Å²) in [6.45, 7) is 10.8. The SMILES string of the molecule is CCN(CC)CCNc1nc2c(C)cccc2s1.Cl. The molecule has 2 rings (SSSR count). The lowest BCUT2D eigenvalue weighted by Gasteiger charge is -2.17. The van der Waals surface area contributed by atoms with E-state index in [-0.39, 0.29) is 12.4 Å². The van der Waals surface area contributed by atoms with E-state index in [1.54, 1.807) is 11.3 Å². The highest BCUT2D eigenvalue weighted by molar-refractivity contribution is 7.22. The van der Waals surface area contributed by atoms with Crippen molar-refractivity contribution in [1.29, 1.82) is 0 Å². The topological polar surface area (TPSA) is 28.2 Å². The van der Waals surface area contributed by atoms with E-state index < -0.39 is 0 Å². The average molecular weight is 300 g/mol. The summed E-state index contributed by atoms with van der Waals surface area (Å²) in [6.07, 6.45) is 0. The lowest BCUT2D eigenvalue weighted by Crippen LogP contribution is -2.28. The molecule has 5 heteroatoms. The van der Waals surface area contributed by atoms with Crippen molar-refractivity contribution in [3.8, 4) is 0 Å². The van der Waals surface area contributed by atoms with Gasteiger partial charge in [0.25, 0.3) is 0 Å². The first-order valence-corrected chi connectivity index (χ1v) is 7.38. The van der Waals surface area contributed by atoms with Crippen LogP contribution in [0.3, 0.4) is 0 Å². The summed E-state index contributed by atoms with van der Waals surface area (Å²) in [5.74, 6) is 0. The number of aromatic nitrogens is 1. The number of nitrogens with zero attached hydrogens (tertiary/aromatic N) is 2. The second kappa shape index (κ2) is 7.68. The Balaban J connectivity index is 0.00000180. The van der Waals surface area contributed by atoms with Gasteiger partial charge in [-0.15, -0.1) is 12.4 Å². The smallest absolute Gasteiger partial charge is 0.183 e. The van der Waals surface area contributed by atoms with Crippen LogP contribution in [0.1, 0.15) is 19.4 Å². The first-order valence-electron chi connectivity index (χ1n) is 6.57. The lowest BCUT2D eigenvalue weighted by molar-refractivity contribution is 0.316. The van der Waals surface area contributed by atoms with Gasteiger partial charge >= 0.3 is 0 Å². The first kappa shape index (κ1) is 16.2. The minimum atomic E-state index is 0. The third-order valence-electron chi connectivity index (χ3n) is 3.22. The Morgan fingerprint density at radius 2 is 2.00 bits per heavy atom. The summed E-state index contributed by atoms with van der Waals surface area (Å²) >= 11 is 1.74. The maximum atomic E-state index is 4.65. The fourth-order valence-corrected chi connectivity index (χ4v) is 2.99. The average Bonchev–Trinajstić information content (AvgIpc) is 2.79. The standard InChI is InChI=1S/C14H21N3S.ClH/c1-4-17(5-2)10-9-15-14-16-13-11(3)7-6-8-12(13)18-14;/h6-8H,4-5,9-10H2,1-3H3,(H,15,16);1H. The van der Waals surface area contributed by atoms with E-state index in [4.69, 9.17) is 0 Å². The quantitative estimate of drug-likeness (QED) is 0.880. The Hall–Kier alpha value is -0.840. The van der Waals surface area contributed by atoms with Crippen LogP contribution >= 0.6 is 23.7 Å². The largest absolute Gasteiger partial charge is 0.360 e. The zero-order valence-electron chi connectivity index (χ0n) is 11.8. The number of benzene rings is 1. The fourth-order valence-electron chi connectivity index (χ4n) is 2.02. The van der Waals surface area contributed by atoms with Crippen LogP contribution in [0.2, 0.25) is 0 Å². The van der Waals surface area contributed by atoms with E-state index in [0.717, 1.165) is 36.8 Å². The van der Waals surface area contributed by atoms with Gasteiger partial charge in [-0.3, -0.25) is 0 Å². The second-order valence-corrected chi connectivity index (χ2v) is 5.42. The zero-order valence-corrected chi connectivity index (χ0v) is 13.4. The van der Waals surface area contributed by atoms with Gasteiger partial charge in [-0.05, 0) is 31.6 Å². The molecule has 2 aromatic rings. The van der Waals surface area contributed by atoms with Crippen molar-refractivity contribution in [3.05, 3.63) is 23.8 Å². The van der Waals surface area contributed by atoms with Gasteiger partial charge in [0.15, 0.2) is 5.13 Å². The Kier molecular flexibility index (Phi) is 6.55. The molecule has 0 aliphatic heterocycles. The Morgan fingerprint density at radius 1 is 1.26 bits per heavy atom. The molecule has 1 N–H and O–H groups in total. The monoisotopic (exact) mass is 299 g/mol. The molecule has 1 aromatic carbocycles. The van der Waals surface area contributed by atoms with Crippen LogP contribution < -0.4 is 5.32 Å². The third kappa shape index (κ3) is 4.06. The number of para-hydroxylation sites is 1. The number of anilines is 1. The Labute approximate surface area is 125 Å². The highest BCUT2D eigenvalue weighted by Crippen LogP contribution is 2.27. The summed E-state index contributed by atoms with van der Waals surface area (Å²) < 4.78 is 1.26. The van der Waals surface area contributed by atoms with Gasteiger partial charge in [-0.1, -0.05) is 37.3 Å². The zero-order chi connectivity index (χ0) is 13.0. The van der Waals surface area contributed by atoms with E-state index in [9.17, 15) is 0 Å². The van der Waals surface area contributed by atoms with Gasteiger partial charge in [0.2, 0.25) is 0 Å². The number of rotatable bonds is 6. The predicted molar refractivity (Wildman–Crippen MR) is 87.9 cm³/mol. The molecule has 0 atom stereocenters. The van der Waals surface area contributed by atoms with Crippen LogP contribution in [-0.2, 0) is 0 Å². The van der Waals surface area contributed by atoms with Crippen LogP contribution in [0.25, 0.3) is 10.2 Å². The molecular formula is C14H22ClN3S. The second-order valence-electron chi connectivity index (χ2n) is 4.39. The minimum absolute atomic E-state index is 0. The molecule has 106 valence electrons. The van der Waals surface area contributed by atoms with Gasteiger partial charge in [0.1, 0.15) is 0 Å². The molecule has 0 bridgehead atoms. The van der Waals surface area contributed by atoms with Gasteiger partial charge in [-0.2, -0.15) is 0 Å². The molecule has 0 saturated heterocycles. The van der Waals surface area contributed by atoms with E-state index in [0.29, 0.717) is 0 Å². The number of fused-ring (bicyclic) bond motifs is 1. The van der Waals surface area contributed by atoms with Gasteiger partial charge < -0.3 is 10.2 Å². The van der Waals surface area contributed by atoms with E-state index in [2.05, 4.69) is 54.2 Å². The number of aryl methyl sites for hydroxylation is 1. The summed E-state index contributed by atoms with van der Waals surface area (Å²) in [7, 11) is 0. The molecule has 0 spiro atoms. The van der Waals surface area contributed by atoms with Crippen molar-refractivity contribution >= 4 is 39.1 Å². The highest BCUT2D eigenvalue weighted by Gasteiger charge is 2.05. The van der Waals surface area contributed by atoms with Crippen molar-refractivity contribution in [2.45, 2.75) is 20.8 Å². The lowest BCUT2D eigenvalue weighted by atomic mass is 10.2. The maximum absolute atomic E-state index is 4.65. The van der Waals surface area contributed by atoms with Crippen molar-refractivity contribution in [2.75, 3.05) is 31.5 Å². The molecule has 3 nitrogen and oxygen atoms in total. The third-order valence-corrected chi connectivity index (χ3v) is 4.20. The van der Waals surface area contributed by atoms with Gasteiger partial charge in [0.05, 0.1) is 10.2 Å². The summed E-state index contributed by atoms with van der Waals surface area (Å²) in [5, 5.41) is 4.46. The molecule has 0 fully saturated rings. The Morgan fingerprint density at radius 3 is 2.63 bits per heavy atom. The van der Waals surface area contributed by atoms with Crippen molar-refractivity contribution < 1.29 is 0 Å². The molecule has 0 aliphatic rings. The number of nitrogens with one attached hydrogen (secondary N) is 1. The molecule has 1 aromatic heterocycles. The molecule has 0 aliphatic carbocycles. The molecule has 0 unspecified atom stereocenters. The van der Waals surface area contributed by atoms with E-state index >= 15 is 0 Å². The Bertz CT molecular complexity index is 508. The number of thiazole rings is 1. The molecule has 0 amide bonds. The maximum Gasteiger partial charge on any atom is 0.183 e. The predicted octanol–water partition coefficient (Wildman–Crippen LogP) is 3.78. The summed E-state index contributed by atoms with van der Waals surface area (Å²) in [5.41, 5.74) is 2.38. The van der Waals surface area contributed by atoms with Crippen molar-refractivity contribution in [3.63, 3.8) is 0 Å². The van der Waals surface area contributed by atoms with Crippen LogP contribution in [-0.4, -0.2) is 36.1 Å². The van der Waals surface area contributed by atoms with Crippen LogP contribution in [0.5, 0.6) is 0 Å². The molecular weight excluding hydrogens is 278 g/mol. The number of hydrogen-bond donors (Lipinski definition) is 1. The van der Waals surface area contributed by atoms with Crippen LogP contribution in [0, 0.1) is 6.92 Å². The molecule has 19 heavy (non-hydrogen) atoms. The molecule has 0 radical (unpaired) electrons. The minimum Gasteiger partial charge on any atom is -0.360 e. The van der Waals surface area contributed by atoms with Crippen molar-refractivity contribution in [2.24, 2.45) is 0 Å². The van der Waals surface area contributed by atoms with E-state index in [1.165, 1.54) is 10.3 Å². The van der Waals surface area contributed by atoms with Crippen LogP contribution in [0.15, 0.2) is 18.2 Å². The number of halogens is 1. The van der Waals surface area contributed by atoms with Gasteiger partial charge in [-0.25, -0.2) is 4.98 Å². The number of likely N-dealkylation sites (N-methyl/N-ethyl adjacent to an activating group) is 1. The molecule has 1 heterocycles. The molecule has 0 saturated carbocycles. The van der Waals surface area contributed by atoms with E-state index in [1.807, 2.05) is 0 Å². The first-order chi connectivity index (χ1) is 8.74.